The predicted molar refractivity (Wildman–Crippen MR) is 119 cm³/mol. The Kier molecular flexibility index (Phi) is 6.26. The second-order valence-electron chi connectivity index (χ2n) is 10.2. The lowest BCUT2D eigenvalue weighted by Gasteiger charge is -2.47. The molecule has 3 aliphatic heterocycles. The van der Waals surface area contributed by atoms with Gasteiger partial charge in [0.1, 0.15) is 0 Å². The molecular weight excluding hydrogens is 392 g/mol. The van der Waals surface area contributed by atoms with E-state index >= 15 is 0 Å². The Morgan fingerprint density at radius 1 is 1.00 bits per heavy atom. The van der Waals surface area contributed by atoms with Crippen molar-refractivity contribution in [2.75, 3.05) is 26.2 Å². The summed E-state index contributed by atoms with van der Waals surface area (Å²) in [6.45, 7) is 10.4. The average Bonchev–Trinajstić information content (AvgIpc) is 2.87. The monoisotopic (exact) mass is 428 g/mol. The minimum absolute atomic E-state index is 0.0826. The van der Waals surface area contributed by atoms with Gasteiger partial charge in [0.25, 0.3) is 0 Å². The molecule has 0 bridgehead atoms. The van der Waals surface area contributed by atoms with Crippen molar-refractivity contribution in [3.05, 3.63) is 35.9 Å². The van der Waals surface area contributed by atoms with Gasteiger partial charge in [-0.15, -0.1) is 0 Å². The number of fused-ring (bicyclic) bond motifs is 1. The molecule has 3 fully saturated rings. The summed E-state index contributed by atoms with van der Waals surface area (Å²) in [6, 6.07) is 10.9. The number of piperidine rings is 1. The van der Waals surface area contributed by atoms with Gasteiger partial charge in [0.15, 0.2) is 0 Å². The van der Waals surface area contributed by atoms with Gasteiger partial charge in [-0.25, -0.2) is 9.80 Å². The zero-order valence-corrected chi connectivity index (χ0v) is 19.0. The van der Waals surface area contributed by atoms with Crippen molar-refractivity contribution in [2.45, 2.75) is 70.6 Å². The van der Waals surface area contributed by atoms with Gasteiger partial charge in [-0.1, -0.05) is 30.3 Å². The van der Waals surface area contributed by atoms with E-state index in [0.717, 1.165) is 32.5 Å². The van der Waals surface area contributed by atoms with Crippen molar-refractivity contribution in [1.29, 1.82) is 0 Å². The molecule has 3 heterocycles. The molecule has 1 aromatic rings. The number of carbonyl (C=O) groups is 2. The zero-order chi connectivity index (χ0) is 22.2. The SMILES string of the molecule is CC(C)(C)N1C2CCN(C(=O)O)CCC2C(=O)N1C1CCN(Cc2ccccc2)CC1. The molecule has 0 radical (unpaired) electrons. The summed E-state index contributed by atoms with van der Waals surface area (Å²) in [7, 11) is 0. The summed E-state index contributed by atoms with van der Waals surface area (Å²) in [6.07, 6.45) is 2.41. The largest absolute Gasteiger partial charge is 0.465 e. The van der Waals surface area contributed by atoms with E-state index in [1.165, 1.54) is 10.5 Å². The average molecular weight is 429 g/mol. The summed E-state index contributed by atoms with van der Waals surface area (Å²) in [5.41, 5.74) is 1.15. The topological polar surface area (TPSA) is 67.3 Å². The molecule has 0 aliphatic carbocycles. The molecule has 2 unspecified atom stereocenters. The molecule has 170 valence electrons. The maximum atomic E-state index is 13.6. The van der Waals surface area contributed by atoms with Crippen molar-refractivity contribution >= 4 is 12.0 Å². The first-order valence-electron chi connectivity index (χ1n) is 11.6. The fraction of sp³-hybridized carbons (Fsp3) is 0.667. The molecule has 1 N–H and O–H groups in total. The van der Waals surface area contributed by atoms with Gasteiger partial charge >= 0.3 is 6.09 Å². The standard InChI is InChI=1S/C24H36N4O3/c1-24(2,3)28-21-12-16-26(23(30)31)15-11-20(21)22(29)27(28)19-9-13-25(14-10-19)17-18-7-5-4-6-8-18/h4-8,19-21H,9-17H2,1-3H3,(H,30,31). The number of nitrogens with zero attached hydrogens (tertiary/aromatic N) is 4. The van der Waals surface area contributed by atoms with Crippen LogP contribution in [0.25, 0.3) is 0 Å². The Hall–Kier alpha value is -2.12. The van der Waals surface area contributed by atoms with E-state index in [1.807, 2.05) is 6.07 Å². The fourth-order valence-electron chi connectivity index (χ4n) is 5.64. The third-order valence-electron chi connectivity index (χ3n) is 7.07. The Balaban J connectivity index is 1.46. The van der Waals surface area contributed by atoms with E-state index in [9.17, 15) is 14.7 Å². The predicted octanol–water partition coefficient (Wildman–Crippen LogP) is 3.27. The van der Waals surface area contributed by atoms with Gasteiger partial charge in [-0.3, -0.25) is 14.7 Å². The number of amides is 2. The number of carboxylic acid groups (broad SMARTS) is 1. The Morgan fingerprint density at radius 2 is 1.65 bits per heavy atom. The molecule has 3 aliphatic rings. The number of hydrogen-bond donors (Lipinski definition) is 1. The van der Waals surface area contributed by atoms with Crippen molar-refractivity contribution in [2.24, 2.45) is 5.92 Å². The van der Waals surface area contributed by atoms with Crippen LogP contribution >= 0.6 is 0 Å². The number of hydrogen-bond acceptors (Lipinski definition) is 4. The van der Waals surface area contributed by atoms with Crippen molar-refractivity contribution < 1.29 is 14.7 Å². The highest BCUT2D eigenvalue weighted by Crippen LogP contribution is 2.40. The molecule has 3 saturated heterocycles. The number of hydrazine groups is 1. The molecule has 0 saturated carbocycles. The lowest BCUT2D eigenvalue weighted by Crippen LogP contribution is -2.58. The molecule has 0 aromatic heterocycles. The maximum absolute atomic E-state index is 13.6. The van der Waals surface area contributed by atoms with Crippen LogP contribution in [-0.4, -0.2) is 80.7 Å². The molecule has 4 rings (SSSR count). The Morgan fingerprint density at radius 3 is 2.26 bits per heavy atom. The van der Waals surface area contributed by atoms with Crippen molar-refractivity contribution in [3.63, 3.8) is 0 Å². The minimum Gasteiger partial charge on any atom is -0.465 e. The van der Waals surface area contributed by atoms with Crippen LogP contribution in [0, 0.1) is 5.92 Å². The number of benzene rings is 1. The summed E-state index contributed by atoms with van der Waals surface area (Å²) >= 11 is 0. The molecule has 2 atom stereocenters. The van der Waals surface area contributed by atoms with Gasteiger partial charge in [0.05, 0.1) is 12.0 Å². The smallest absolute Gasteiger partial charge is 0.407 e. The highest BCUT2D eigenvalue weighted by molar-refractivity contribution is 5.82. The lowest BCUT2D eigenvalue weighted by atomic mass is 9.93. The Bertz CT molecular complexity index is 786. The third kappa shape index (κ3) is 4.58. The van der Waals surface area contributed by atoms with Crippen molar-refractivity contribution in [3.8, 4) is 0 Å². The molecular formula is C24H36N4O3. The Labute approximate surface area is 185 Å². The number of likely N-dealkylation sites (tertiary alicyclic amines) is 2. The summed E-state index contributed by atoms with van der Waals surface area (Å²) in [4.78, 5) is 29.0. The molecule has 7 heteroatoms. The van der Waals surface area contributed by atoms with Crippen LogP contribution in [0.5, 0.6) is 0 Å². The first kappa shape index (κ1) is 22.1. The van der Waals surface area contributed by atoms with Gasteiger partial charge in [-0.2, -0.15) is 0 Å². The van der Waals surface area contributed by atoms with Crippen LogP contribution < -0.4 is 0 Å². The van der Waals surface area contributed by atoms with E-state index in [4.69, 9.17) is 0 Å². The molecule has 7 nitrogen and oxygen atoms in total. The normalized spacial score (nSPS) is 26.7. The van der Waals surface area contributed by atoms with Gasteiger partial charge in [-0.05, 0) is 52.0 Å². The number of carbonyl (C=O) groups excluding carboxylic acids is 1. The fourth-order valence-corrected chi connectivity index (χ4v) is 5.64. The van der Waals surface area contributed by atoms with Crippen LogP contribution in [-0.2, 0) is 11.3 Å². The first-order valence-corrected chi connectivity index (χ1v) is 11.6. The van der Waals surface area contributed by atoms with Crippen LogP contribution in [0.2, 0.25) is 0 Å². The van der Waals surface area contributed by atoms with Gasteiger partial charge < -0.3 is 10.0 Å². The van der Waals surface area contributed by atoms with E-state index in [0.29, 0.717) is 25.9 Å². The minimum atomic E-state index is -0.877. The highest BCUT2D eigenvalue weighted by Gasteiger charge is 2.53. The number of rotatable bonds is 3. The summed E-state index contributed by atoms with van der Waals surface area (Å²) in [5, 5.41) is 13.8. The van der Waals surface area contributed by atoms with Crippen LogP contribution in [0.1, 0.15) is 52.0 Å². The van der Waals surface area contributed by atoms with Crippen LogP contribution in [0.4, 0.5) is 4.79 Å². The van der Waals surface area contributed by atoms with E-state index in [2.05, 4.69) is 60.0 Å². The summed E-state index contributed by atoms with van der Waals surface area (Å²) in [5.74, 6) is 0.0968. The quantitative estimate of drug-likeness (QED) is 0.800. The third-order valence-corrected chi connectivity index (χ3v) is 7.07. The lowest BCUT2D eigenvalue weighted by molar-refractivity contribution is -0.159. The van der Waals surface area contributed by atoms with Crippen molar-refractivity contribution in [1.82, 2.24) is 19.8 Å². The summed E-state index contributed by atoms with van der Waals surface area (Å²) < 4.78 is 0. The molecule has 1 aromatic carbocycles. The first-order chi connectivity index (χ1) is 14.8. The van der Waals surface area contributed by atoms with Crippen LogP contribution in [0.15, 0.2) is 30.3 Å². The van der Waals surface area contributed by atoms with Gasteiger partial charge in [0.2, 0.25) is 5.91 Å². The van der Waals surface area contributed by atoms with Crippen LogP contribution in [0.3, 0.4) is 0 Å². The molecule has 2 amide bonds. The van der Waals surface area contributed by atoms with Gasteiger partial charge in [0, 0.05) is 44.3 Å². The maximum Gasteiger partial charge on any atom is 0.407 e. The van der Waals surface area contributed by atoms with E-state index in [1.54, 1.807) is 0 Å². The zero-order valence-electron chi connectivity index (χ0n) is 19.0. The van der Waals surface area contributed by atoms with E-state index < -0.39 is 6.09 Å². The van der Waals surface area contributed by atoms with E-state index in [-0.39, 0.29) is 29.4 Å². The molecule has 0 spiro atoms. The second-order valence-corrected chi connectivity index (χ2v) is 10.2. The second kappa shape index (κ2) is 8.79. The highest BCUT2D eigenvalue weighted by atomic mass is 16.4. The molecule has 31 heavy (non-hydrogen) atoms.